The van der Waals surface area contributed by atoms with Gasteiger partial charge in [0.2, 0.25) is 0 Å². The maximum Gasteiger partial charge on any atom is 0.137 e. The van der Waals surface area contributed by atoms with Crippen LogP contribution < -0.4 is 11.2 Å². The summed E-state index contributed by atoms with van der Waals surface area (Å²) in [5.74, 6) is 0. The molecule has 1 unspecified atom stereocenters. The van der Waals surface area contributed by atoms with Crippen LogP contribution in [0.4, 0.5) is 5.69 Å². The molecule has 1 atom stereocenters. The van der Waals surface area contributed by atoms with Gasteiger partial charge in [-0.15, -0.1) is 0 Å². The molecule has 4 rings (SSSR count). The lowest BCUT2D eigenvalue weighted by Gasteiger charge is -2.05. The molecule has 3 N–H and O–H groups in total. The first-order valence-corrected chi connectivity index (χ1v) is 9.35. The van der Waals surface area contributed by atoms with Gasteiger partial charge in [0.1, 0.15) is 5.65 Å². The molecule has 0 spiro atoms. The number of hydrogen-bond donors (Lipinski definition) is 2. The van der Waals surface area contributed by atoms with Crippen molar-refractivity contribution in [2.24, 2.45) is 10.8 Å². The highest BCUT2D eigenvalue weighted by atomic mass is 35.5. The minimum Gasteiger partial charge on any atom is -0.324 e. The molecule has 0 bridgehead atoms. The summed E-state index contributed by atoms with van der Waals surface area (Å²) in [6.45, 7) is 1.97. The Morgan fingerprint density at radius 1 is 1.04 bits per heavy atom. The number of benzene rings is 2. The third kappa shape index (κ3) is 4.06. The molecule has 2 aromatic carbocycles. The van der Waals surface area contributed by atoms with Gasteiger partial charge in [-0.2, -0.15) is 5.10 Å². The van der Waals surface area contributed by atoms with Crippen molar-refractivity contribution >= 4 is 29.2 Å². The Balaban J connectivity index is 1.44. The summed E-state index contributed by atoms with van der Waals surface area (Å²) in [6, 6.07) is 19.8. The number of rotatable bonds is 5. The minimum atomic E-state index is 0.0347. The molecule has 0 saturated carbocycles. The first-order chi connectivity index (χ1) is 13.6. The number of nitrogens with two attached hydrogens (primary N) is 1. The molecule has 0 aliphatic heterocycles. The van der Waals surface area contributed by atoms with Gasteiger partial charge in [-0.1, -0.05) is 48.0 Å². The maximum absolute atomic E-state index is 6.03. The second-order valence-corrected chi connectivity index (χ2v) is 7.08. The Hall–Kier alpha value is -3.15. The zero-order chi connectivity index (χ0) is 19.5. The molecule has 5 nitrogen and oxygen atoms in total. The predicted molar refractivity (Wildman–Crippen MR) is 116 cm³/mol. The lowest BCUT2D eigenvalue weighted by molar-refractivity contribution is 0.818. The number of anilines is 1. The van der Waals surface area contributed by atoms with Crippen LogP contribution in [0, 0.1) is 0 Å². The number of nitrogens with one attached hydrogen (secondary N) is 1. The lowest BCUT2D eigenvalue weighted by atomic mass is 10.1. The monoisotopic (exact) mass is 389 g/mol. The van der Waals surface area contributed by atoms with Crippen LogP contribution in [0.2, 0.25) is 5.02 Å². The summed E-state index contributed by atoms with van der Waals surface area (Å²) in [5.41, 5.74) is 14.7. The van der Waals surface area contributed by atoms with Gasteiger partial charge in [0.25, 0.3) is 0 Å². The number of pyridine rings is 1. The van der Waals surface area contributed by atoms with E-state index in [9.17, 15) is 0 Å². The van der Waals surface area contributed by atoms with E-state index in [1.165, 1.54) is 0 Å². The Morgan fingerprint density at radius 2 is 1.79 bits per heavy atom. The van der Waals surface area contributed by atoms with Crippen molar-refractivity contribution in [1.82, 2.24) is 9.38 Å². The highest BCUT2D eigenvalue weighted by Gasteiger charge is 2.05. The van der Waals surface area contributed by atoms with Crippen LogP contribution in [-0.2, 0) is 0 Å². The Bertz CT molecular complexity index is 1110. The summed E-state index contributed by atoms with van der Waals surface area (Å²) in [4.78, 5) is 4.62. The Morgan fingerprint density at radius 3 is 2.50 bits per heavy atom. The Labute approximate surface area is 168 Å². The number of hydrazone groups is 1. The van der Waals surface area contributed by atoms with E-state index in [0.29, 0.717) is 5.02 Å². The normalized spacial score (nSPS) is 12.5. The van der Waals surface area contributed by atoms with E-state index in [0.717, 1.165) is 33.7 Å². The van der Waals surface area contributed by atoms with Gasteiger partial charge in [-0.25, -0.2) is 4.98 Å². The predicted octanol–water partition coefficient (Wildman–Crippen LogP) is 5.12. The zero-order valence-corrected chi connectivity index (χ0v) is 16.1. The highest BCUT2D eigenvalue weighted by molar-refractivity contribution is 6.30. The van der Waals surface area contributed by atoms with Gasteiger partial charge in [0.05, 0.1) is 22.6 Å². The smallest absolute Gasteiger partial charge is 0.137 e. The molecule has 2 aromatic heterocycles. The summed E-state index contributed by atoms with van der Waals surface area (Å²) in [6.07, 6.45) is 5.59. The van der Waals surface area contributed by atoms with Gasteiger partial charge in [0, 0.05) is 24.0 Å². The van der Waals surface area contributed by atoms with Crippen molar-refractivity contribution < 1.29 is 0 Å². The van der Waals surface area contributed by atoms with Gasteiger partial charge in [0.15, 0.2) is 0 Å². The molecule has 0 fully saturated rings. The fourth-order valence-corrected chi connectivity index (χ4v) is 3.05. The number of nitrogens with zero attached hydrogens (tertiary/aromatic N) is 3. The average molecular weight is 390 g/mol. The standard InChI is InChI=1S/C22H20ClN5/c1-15(24)17-4-2-16(3-5-17)12-25-27-20-9-6-18(7-10-20)21-14-28-13-19(23)8-11-22(28)26-21/h2-15,27H,24H2,1H3/b25-12+. The topological polar surface area (TPSA) is 67.7 Å². The van der Waals surface area contributed by atoms with Gasteiger partial charge < -0.3 is 10.1 Å². The molecule has 28 heavy (non-hydrogen) atoms. The number of halogens is 1. The van der Waals surface area contributed by atoms with Crippen molar-refractivity contribution in [1.29, 1.82) is 0 Å². The number of aromatic nitrogens is 2. The van der Waals surface area contributed by atoms with Crippen LogP contribution in [0.5, 0.6) is 0 Å². The van der Waals surface area contributed by atoms with Crippen molar-refractivity contribution in [3.8, 4) is 11.3 Å². The van der Waals surface area contributed by atoms with Crippen molar-refractivity contribution in [2.45, 2.75) is 13.0 Å². The van der Waals surface area contributed by atoms with Crippen LogP contribution in [-0.4, -0.2) is 15.6 Å². The van der Waals surface area contributed by atoms with E-state index < -0.39 is 0 Å². The van der Waals surface area contributed by atoms with Crippen molar-refractivity contribution in [3.63, 3.8) is 0 Å². The van der Waals surface area contributed by atoms with Crippen molar-refractivity contribution in [3.05, 3.63) is 89.2 Å². The molecule has 4 aromatic rings. The van der Waals surface area contributed by atoms with Crippen LogP contribution in [0.3, 0.4) is 0 Å². The van der Waals surface area contributed by atoms with Crippen LogP contribution >= 0.6 is 11.6 Å². The van der Waals surface area contributed by atoms with E-state index in [-0.39, 0.29) is 6.04 Å². The Kier molecular flexibility index (Phi) is 5.10. The molecule has 2 heterocycles. The molecular weight excluding hydrogens is 370 g/mol. The number of imidazole rings is 1. The second kappa shape index (κ2) is 7.84. The second-order valence-electron chi connectivity index (χ2n) is 6.64. The quantitative estimate of drug-likeness (QED) is 0.367. The fraction of sp³-hybridized carbons (Fsp3) is 0.0909. The van der Waals surface area contributed by atoms with Crippen molar-refractivity contribution in [2.75, 3.05) is 5.43 Å². The van der Waals surface area contributed by atoms with Gasteiger partial charge >= 0.3 is 0 Å². The fourth-order valence-electron chi connectivity index (χ4n) is 2.89. The van der Waals surface area contributed by atoms with Crippen LogP contribution in [0.15, 0.2) is 78.2 Å². The first kappa shape index (κ1) is 18.2. The molecule has 6 heteroatoms. The molecule has 0 aliphatic carbocycles. The summed E-state index contributed by atoms with van der Waals surface area (Å²) in [5, 5.41) is 4.97. The maximum atomic E-state index is 6.03. The lowest BCUT2D eigenvalue weighted by Crippen LogP contribution is -2.04. The van der Waals surface area contributed by atoms with Crippen LogP contribution in [0.25, 0.3) is 16.9 Å². The van der Waals surface area contributed by atoms with E-state index in [1.807, 2.05) is 84.4 Å². The largest absolute Gasteiger partial charge is 0.324 e. The number of fused-ring (bicyclic) bond motifs is 1. The average Bonchev–Trinajstić information content (AvgIpc) is 3.12. The van der Waals surface area contributed by atoms with Crippen LogP contribution in [0.1, 0.15) is 24.1 Å². The zero-order valence-electron chi connectivity index (χ0n) is 15.4. The molecule has 0 saturated heterocycles. The highest BCUT2D eigenvalue weighted by Crippen LogP contribution is 2.22. The summed E-state index contributed by atoms with van der Waals surface area (Å²) >= 11 is 6.03. The molecule has 0 amide bonds. The summed E-state index contributed by atoms with van der Waals surface area (Å²) in [7, 11) is 0. The first-order valence-electron chi connectivity index (χ1n) is 8.98. The molecule has 0 radical (unpaired) electrons. The minimum absolute atomic E-state index is 0.0347. The SMILES string of the molecule is CC(N)c1ccc(/C=N/Nc2ccc(-c3cn4cc(Cl)ccc4n3)cc2)cc1. The number of hydrogen-bond acceptors (Lipinski definition) is 4. The summed E-state index contributed by atoms with van der Waals surface area (Å²) < 4.78 is 1.92. The van der Waals surface area contributed by atoms with E-state index in [2.05, 4.69) is 15.5 Å². The van der Waals surface area contributed by atoms with Gasteiger partial charge in [-0.05, 0) is 42.3 Å². The van der Waals surface area contributed by atoms with E-state index in [1.54, 1.807) is 6.21 Å². The van der Waals surface area contributed by atoms with Gasteiger partial charge in [-0.3, -0.25) is 5.43 Å². The molecule has 0 aliphatic rings. The van der Waals surface area contributed by atoms with E-state index in [4.69, 9.17) is 17.3 Å². The third-order valence-corrected chi connectivity index (χ3v) is 4.69. The third-order valence-electron chi connectivity index (χ3n) is 4.47. The van der Waals surface area contributed by atoms with E-state index >= 15 is 0 Å². The molecular formula is C22H20ClN5. The molecule has 140 valence electrons.